The minimum atomic E-state index is -1.25. The molecule has 2 aromatic carbocycles. The number of nitrogens with zero attached hydrogens (tertiary/aromatic N) is 2. The van der Waals surface area contributed by atoms with E-state index in [1.807, 2.05) is 0 Å². The van der Waals surface area contributed by atoms with Crippen molar-refractivity contribution in [2.75, 3.05) is 28.4 Å². The molecule has 3 rings (SSSR count). The number of carbonyl (C=O) groups excluding carboxylic acids is 2. The lowest BCUT2D eigenvalue weighted by atomic mass is 9.92. The Morgan fingerprint density at radius 3 is 2.13 bits per heavy atom. The summed E-state index contributed by atoms with van der Waals surface area (Å²) in [5, 5.41) is 7.58. The predicted octanol–water partition coefficient (Wildman–Crippen LogP) is 2.52. The maximum atomic E-state index is 13.0. The molecule has 158 valence electrons. The average molecular weight is 413 g/mol. The first-order valence-corrected chi connectivity index (χ1v) is 9.03. The second-order valence-corrected chi connectivity index (χ2v) is 6.57. The maximum Gasteiger partial charge on any atom is 0.346 e. The van der Waals surface area contributed by atoms with Crippen molar-refractivity contribution < 1.29 is 28.5 Å². The fourth-order valence-electron chi connectivity index (χ4n) is 3.20. The molecular weight excluding hydrogens is 390 g/mol. The normalized spacial score (nSPS) is 18.5. The summed E-state index contributed by atoms with van der Waals surface area (Å²) in [6.07, 6.45) is 1.36. The van der Waals surface area contributed by atoms with Crippen LogP contribution >= 0.6 is 0 Å². The number of hydrogen-bond donors (Lipinski definition) is 1. The van der Waals surface area contributed by atoms with Crippen molar-refractivity contribution in [3.8, 4) is 23.0 Å². The second-order valence-electron chi connectivity index (χ2n) is 6.57. The van der Waals surface area contributed by atoms with Gasteiger partial charge in [-0.05, 0) is 36.8 Å². The number of amides is 3. The molecule has 9 nitrogen and oxygen atoms in total. The Hall–Kier alpha value is -3.75. The zero-order chi connectivity index (χ0) is 21.9. The van der Waals surface area contributed by atoms with Gasteiger partial charge in [0.25, 0.3) is 5.91 Å². The number of benzene rings is 2. The first-order valence-electron chi connectivity index (χ1n) is 9.03. The summed E-state index contributed by atoms with van der Waals surface area (Å²) < 4.78 is 21.1. The highest BCUT2D eigenvalue weighted by Crippen LogP contribution is 2.39. The first kappa shape index (κ1) is 21.0. The lowest BCUT2D eigenvalue weighted by Crippen LogP contribution is -2.40. The van der Waals surface area contributed by atoms with Crippen molar-refractivity contribution in [3.05, 3.63) is 47.5 Å². The van der Waals surface area contributed by atoms with Crippen molar-refractivity contribution in [2.45, 2.75) is 12.5 Å². The number of imide groups is 1. The smallest absolute Gasteiger partial charge is 0.346 e. The van der Waals surface area contributed by atoms with Crippen LogP contribution in [-0.4, -0.2) is 51.6 Å². The highest BCUT2D eigenvalue weighted by Gasteiger charge is 2.49. The van der Waals surface area contributed by atoms with Gasteiger partial charge in [0, 0.05) is 5.56 Å². The van der Waals surface area contributed by atoms with Crippen molar-refractivity contribution in [1.82, 2.24) is 10.3 Å². The van der Waals surface area contributed by atoms with E-state index < -0.39 is 17.5 Å². The second kappa shape index (κ2) is 8.32. The van der Waals surface area contributed by atoms with Crippen LogP contribution in [-0.2, 0) is 10.3 Å². The largest absolute Gasteiger partial charge is 0.497 e. The predicted molar refractivity (Wildman–Crippen MR) is 109 cm³/mol. The molecule has 30 heavy (non-hydrogen) atoms. The molecule has 1 fully saturated rings. The lowest BCUT2D eigenvalue weighted by molar-refractivity contribution is -0.131. The van der Waals surface area contributed by atoms with E-state index >= 15 is 0 Å². The zero-order valence-corrected chi connectivity index (χ0v) is 17.4. The van der Waals surface area contributed by atoms with Crippen LogP contribution in [0.25, 0.3) is 0 Å². The number of methoxy groups -OCH3 is 4. The van der Waals surface area contributed by atoms with E-state index in [1.54, 1.807) is 50.4 Å². The van der Waals surface area contributed by atoms with E-state index in [9.17, 15) is 9.59 Å². The number of ether oxygens (including phenoxy) is 4. The van der Waals surface area contributed by atoms with E-state index in [0.717, 1.165) is 5.01 Å². The number of rotatable bonds is 7. The van der Waals surface area contributed by atoms with E-state index in [0.29, 0.717) is 34.1 Å². The Bertz CT molecular complexity index is 989. The van der Waals surface area contributed by atoms with Gasteiger partial charge in [0.2, 0.25) is 5.75 Å². The third kappa shape index (κ3) is 3.49. The van der Waals surface area contributed by atoms with Crippen molar-refractivity contribution >= 4 is 18.2 Å². The van der Waals surface area contributed by atoms with Crippen LogP contribution in [0, 0.1) is 0 Å². The van der Waals surface area contributed by atoms with Crippen LogP contribution < -0.4 is 24.3 Å². The molecule has 1 N–H and O–H groups in total. The summed E-state index contributed by atoms with van der Waals surface area (Å²) in [5.41, 5.74) is -0.126. The van der Waals surface area contributed by atoms with Crippen LogP contribution in [0.2, 0.25) is 0 Å². The first-order chi connectivity index (χ1) is 14.4. The third-order valence-corrected chi connectivity index (χ3v) is 4.88. The zero-order valence-electron chi connectivity index (χ0n) is 17.4. The Balaban J connectivity index is 1.91. The van der Waals surface area contributed by atoms with Crippen LogP contribution in [0.1, 0.15) is 18.1 Å². The third-order valence-electron chi connectivity index (χ3n) is 4.88. The summed E-state index contributed by atoms with van der Waals surface area (Å²) in [7, 11) is 6.03. The van der Waals surface area contributed by atoms with Gasteiger partial charge in [-0.3, -0.25) is 4.79 Å². The van der Waals surface area contributed by atoms with Crippen LogP contribution in [0.4, 0.5) is 4.79 Å². The molecule has 1 aliphatic rings. The quantitative estimate of drug-likeness (QED) is 0.553. The van der Waals surface area contributed by atoms with E-state index in [4.69, 9.17) is 18.9 Å². The summed E-state index contributed by atoms with van der Waals surface area (Å²) >= 11 is 0. The highest BCUT2D eigenvalue weighted by atomic mass is 16.5. The number of nitrogens with one attached hydrogen (secondary N) is 1. The molecule has 0 aromatic heterocycles. The van der Waals surface area contributed by atoms with Gasteiger partial charge in [-0.1, -0.05) is 12.1 Å². The molecule has 2 aromatic rings. The Kier molecular flexibility index (Phi) is 5.81. The van der Waals surface area contributed by atoms with Crippen molar-refractivity contribution in [3.63, 3.8) is 0 Å². The van der Waals surface area contributed by atoms with Gasteiger partial charge in [0.15, 0.2) is 11.5 Å². The maximum absolute atomic E-state index is 13.0. The monoisotopic (exact) mass is 413 g/mol. The molecular formula is C21H23N3O6. The van der Waals surface area contributed by atoms with Gasteiger partial charge in [0.1, 0.15) is 11.3 Å². The summed E-state index contributed by atoms with van der Waals surface area (Å²) in [6, 6.07) is 9.62. The number of urea groups is 1. The fraction of sp³-hybridized carbons (Fsp3) is 0.286. The minimum Gasteiger partial charge on any atom is -0.497 e. The van der Waals surface area contributed by atoms with Gasteiger partial charge >= 0.3 is 6.03 Å². The Labute approximate surface area is 174 Å². The van der Waals surface area contributed by atoms with Crippen molar-refractivity contribution in [2.24, 2.45) is 5.10 Å². The summed E-state index contributed by atoms with van der Waals surface area (Å²) in [5.74, 6) is 1.37. The topological polar surface area (TPSA) is 98.7 Å². The molecule has 0 bridgehead atoms. The lowest BCUT2D eigenvalue weighted by Gasteiger charge is -2.21. The fourth-order valence-corrected chi connectivity index (χ4v) is 3.20. The SMILES string of the molecule is COc1ccc([C@]2(C)NC(=O)N(/N=C\c3ccc(OC)c(OC)c3OC)C2=O)cc1. The number of carbonyl (C=O) groups is 2. The molecule has 0 aliphatic carbocycles. The number of hydrogen-bond acceptors (Lipinski definition) is 7. The van der Waals surface area contributed by atoms with Gasteiger partial charge in [-0.25, -0.2) is 4.79 Å². The van der Waals surface area contributed by atoms with E-state index in [2.05, 4.69) is 10.4 Å². The molecule has 3 amide bonds. The van der Waals surface area contributed by atoms with Crippen LogP contribution in [0.15, 0.2) is 41.5 Å². The van der Waals surface area contributed by atoms with Gasteiger partial charge in [-0.15, -0.1) is 5.01 Å². The molecule has 1 heterocycles. The molecule has 9 heteroatoms. The van der Waals surface area contributed by atoms with E-state index in [-0.39, 0.29) is 0 Å². The minimum absolute atomic E-state index is 0.366. The molecule has 1 saturated heterocycles. The summed E-state index contributed by atoms with van der Waals surface area (Å²) in [6.45, 7) is 1.63. The van der Waals surface area contributed by atoms with Crippen molar-refractivity contribution in [1.29, 1.82) is 0 Å². The molecule has 0 unspecified atom stereocenters. The molecule has 0 radical (unpaired) electrons. The standard InChI is InChI=1S/C21H23N3O6/c1-21(14-7-9-15(27-2)10-8-14)19(25)24(20(26)23-21)22-12-13-6-11-16(28-3)18(30-5)17(13)29-4/h6-12H,1-5H3,(H,23,26)/b22-12-/t21-/m0/s1. The molecule has 0 spiro atoms. The van der Waals surface area contributed by atoms with Crippen LogP contribution in [0.5, 0.6) is 23.0 Å². The highest BCUT2D eigenvalue weighted by molar-refractivity contribution is 6.07. The van der Waals surface area contributed by atoms with E-state index in [1.165, 1.54) is 27.5 Å². The summed E-state index contributed by atoms with van der Waals surface area (Å²) in [4.78, 5) is 25.5. The molecule has 1 aliphatic heterocycles. The Morgan fingerprint density at radius 1 is 0.900 bits per heavy atom. The van der Waals surface area contributed by atoms with Gasteiger partial charge < -0.3 is 24.3 Å². The Morgan fingerprint density at radius 2 is 1.57 bits per heavy atom. The van der Waals surface area contributed by atoms with Gasteiger partial charge in [0.05, 0.1) is 34.7 Å². The number of hydrazone groups is 1. The molecule has 1 atom stereocenters. The molecule has 0 saturated carbocycles. The van der Waals surface area contributed by atoms with Crippen LogP contribution in [0.3, 0.4) is 0 Å². The van der Waals surface area contributed by atoms with Gasteiger partial charge in [-0.2, -0.15) is 5.10 Å². The average Bonchev–Trinajstić information content (AvgIpc) is 3.00.